The number of hydrogen-bond donors (Lipinski definition) is 0. The highest BCUT2D eigenvalue weighted by molar-refractivity contribution is 9.10. The van der Waals surface area contributed by atoms with Gasteiger partial charge in [-0.05, 0) is 21.5 Å². The van der Waals surface area contributed by atoms with Gasteiger partial charge in [-0.25, -0.2) is 9.97 Å². The van der Waals surface area contributed by atoms with E-state index < -0.39 is 0 Å². The average molecular weight is 408 g/mol. The van der Waals surface area contributed by atoms with Crippen LogP contribution in [0.3, 0.4) is 0 Å². The third-order valence-corrected chi connectivity index (χ3v) is 5.10. The normalized spacial score (nSPS) is 17.0. The van der Waals surface area contributed by atoms with Crippen LogP contribution in [0.2, 0.25) is 0 Å². The number of thioether (sulfide) groups is 1. The molecule has 2 aromatic rings. The average Bonchev–Trinajstić information content (AvgIpc) is 3.06. The molecule has 24 heavy (non-hydrogen) atoms. The second kappa shape index (κ2) is 8.48. The first-order chi connectivity index (χ1) is 11.7. The molecule has 1 unspecified atom stereocenters. The summed E-state index contributed by atoms with van der Waals surface area (Å²) in [4.78, 5) is 22.4. The largest absolute Gasteiger partial charge is 0.458 e. The number of carbonyl (C=O) groups is 1. The maximum atomic E-state index is 12.3. The Kier molecular flexibility index (Phi) is 6.09. The zero-order chi connectivity index (χ0) is 16.8. The van der Waals surface area contributed by atoms with E-state index in [2.05, 4.69) is 38.0 Å². The van der Waals surface area contributed by atoms with Gasteiger partial charge in [-0.3, -0.25) is 4.79 Å². The molecular formula is C17H18BrN3O2S. The molecule has 7 heteroatoms. The Labute approximate surface area is 154 Å². The fraction of sp³-hybridized carbons (Fsp3) is 0.353. The van der Waals surface area contributed by atoms with E-state index in [0.29, 0.717) is 18.3 Å². The first-order valence-corrected chi connectivity index (χ1v) is 9.69. The minimum Gasteiger partial charge on any atom is -0.458 e. The van der Waals surface area contributed by atoms with Gasteiger partial charge in [0, 0.05) is 31.1 Å². The van der Waals surface area contributed by atoms with Gasteiger partial charge in [0.05, 0.1) is 16.8 Å². The molecule has 0 saturated carbocycles. The Balaban J connectivity index is 1.41. The predicted molar refractivity (Wildman–Crippen MR) is 97.9 cm³/mol. The highest BCUT2D eigenvalue weighted by Crippen LogP contribution is 2.18. The van der Waals surface area contributed by atoms with Crippen LogP contribution in [0, 0.1) is 0 Å². The predicted octanol–water partition coefficient (Wildman–Crippen LogP) is 3.15. The number of aromatic nitrogens is 2. The van der Waals surface area contributed by atoms with Crippen molar-refractivity contribution in [2.75, 3.05) is 18.8 Å². The molecule has 0 N–H and O–H groups in total. The lowest BCUT2D eigenvalue weighted by atomic mass is 10.2. The van der Waals surface area contributed by atoms with Crippen LogP contribution in [-0.4, -0.2) is 45.7 Å². The van der Waals surface area contributed by atoms with Gasteiger partial charge in [-0.15, -0.1) is 11.8 Å². The summed E-state index contributed by atoms with van der Waals surface area (Å²) in [6, 6.07) is 10.6. The van der Waals surface area contributed by atoms with E-state index in [1.807, 2.05) is 23.1 Å². The number of ether oxygens (including phenoxy) is 1. The minimum absolute atomic E-state index is 0.0331. The SMILES string of the molecule is O=C(CSCc1ccccc1)N1CCC(Oc2ncc(Br)cn2)C1. The lowest BCUT2D eigenvalue weighted by Crippen LogP contribution is -2.32. The zero-order valence-electron chi connectivity index (χ0n) is 13.1. The van der Waals surface area contributed by atoms with Gasteiger partial charge >= 0.3 is 6.01 Å². The molecule has 1 aliphatic rings. The first kappa shape index (κ1) is 17.2. The van der Waals surface area contributed by atoms with Gasteiger partial charge in [0.2, 0.25) is 5.91 Å². The topological polar surface area (TPSA) is 55.3 Å². The van der Waals surface area contributed by atoms with Crippen molar-refractivity contribution in [1.29, 1.82) is 0 Å². The second-order valence-electron chi connectivity index (χ2n) is 5.53. The van der Waals surface area contributed by atoms with Crippen LogP contribution in [0.25, 0.3) is 0 Å². The first-order valence-electron chi connectivity index (χ1n) is 7.74. The van der Waals surface area contributed by atoms with E-state index >= 15 is 0 Å². The molecule has 2 heterocycles. The van der Waals surface area contributed by atoms with Crippen molar-refractivity contribution in [3.63, 3.8) is 0 Å². The van der Waals surface area contributed by atoms with Gasteiger partial charge in [0.15, 0.2) is 0 Å². The fourth-order valence-corrected chi connectivity index (χ4v) is 3.58. The zero-order valence-corrected chi connectivity index (χ0v) is 15.5. The van der Waals surface area contributed by atoms with Gasteiger partial charge in [-0.1, -0.05) is 30.3 Å². The lowest BCUT2D eigenvalue weighted by molar-refractivity contribution is -0.127. The van der Waals surface area contributed by atoms with Gasteiger partial charge in [0.25, 0.3) is 0 Å². The smallest absolute Gasteiger partial charge is 0.316 e. The summed E-state index contributed by atoms with van der Waals surface area (Å²) in [6.45, 7) is 1.33. The standard InChI is InChI=1S/C17H18BrN3O2S/c18-14-8-19-17(20-9-14)23-15-6-7-21(10-15)16(22)12-24-11-13-4-2-1-3-5-13/h1-5,8-9,15H,6-7,10-12H2. The molecule has 1 aliphatic heterocycles. The minimum atomic E-state index is -0.0331. The van der Waals surface area contributed by atoms with Crippen LogP contribution in [0.5, 0.6) is 6.01 Å². The Bertz CT molecular complexity index is 669. The number of likely N-dealkylation sites (tertiary alicyclic amines) is 1. The Morgan fingerprint density at radius 3 is 2.79 bits per heavy atom. The van der Waals surface area contributed by atoms with Crippen molar-refractivity contribution in [3.05, 3.63) is 52.8 Å². The van der Waals surface area contributed by atoms with Crippen molar-refractivity contribution < 1.29 is 9.53 Å². The maximum Gasteiger partial charge on any atom is 0.316 e. The summed E-state index contributed by atoms with van der Waals surface area (Å²) >= 11 is 4.94. The van der Waals surface area contributed by atoms with Gasteiger partial charge in [0.1, 0.15) is 6.10 Å². The quantitative estimate of drug-likeness (QED) is 0.735. The van der Waals surface area contributed by atoms with E-state index in [1.54, 1.807) is 24.2 Å². The van der Waals surface area contributed by atoms with Crippen molar-refractivity contribution >= 4 is 33.6 Å². The van der Waals surface area contributed by atoms with Crippen LogP contribution in [0.15, 0.2) is 47.2 Å². The number of amides is 1. The van der Waals surface area contributed by atoms with Crippen LogP contribution in [0.4, 0.5) is 0 Å². The summed E-state index contributed by atoms with van der Waals surface area (Å²) in [5.74, 6) is 1.52. The van der Waals surface area contributed by atoms with Crippen LogP contribution in [0.1, 0.15) is 12.0 Å². The van der Waals surface area contributed by atoms with Crippen LogP contribution in [-0.2, 0) is 10.5 Å². The van der Waals surface area contributed by atoms with Crippen LogP contribution >= 0.6 is 27.7 Å². The monoisotopic (exact) mass is 407 g/mol. The lowest BCUT2D eigenvalue weighted by Gasteiger charge is -2.16. The molecular weight excluding hydrogens is 390 g/mol. The Morgan fingerprint density at radius 1 is 1.29 bits per heavy atom. The number of nitrogens with zero attached hydrogens (tertiary/aromatic N) is 3. The molecule has 0 spiro atoms. The number of hydrogen-bond acceptors (Lipinski definition) is 5. The molecule has 0 radical (unpaired) electrons. The maximum absolute atomic E-state index is 12.3. The number of carbonyl (C=O) groups excluding carboxylic acids is 1. The molecule has 1 fully saturated rings. The molecule has 1 saturated heterocycles. The fourth-order valence-electron chi connectivity index (χ4n) is 2.48. The third-order valence-electron chi connectivity index (χ3n) is 3.70. The number of benzene rings is 1. The highest BCUT2D eigenvalue weighted by Gasteiger charge is 2.27. The van der Waals surface area contributed by atoms with E-state index in [0.717, 1.165) is 23.2 Å². The molecule has 1 amide bonds. The second-order valence-corrected chi connectivity index (χ2v) is 7.43. The van der Waals surface area contributed by atoms with Crippen molar-refractivity contribution in [2.24, 2.45) is 0 Å². The molecule has 126 valence electrons. The highest BCUT2D eigenvalue weighted by atomic mass is 79.9. The summed E-state index contributed by atoms with van der Waals surface area (Å²) < 4.78 is 6.55. The molecule has 1 atom stereocenters. The summed E-state index contributed by atoms with van der Waals surface area (Å²) in [5.41, 5.74) is 1.24. The van der Waals surface area contributed by atoms with E-state index in [4.69, 9.17) is 4.74 Å². The molecule has 0 bridgehead atoms. The Morgan fingerprint density at radius 2 is 2.04 bits per heavy atom. The molecule has 1 aromatic heterocycles. The number of halogens is 1. The summed E-state index contributed by atoms with van der Waals surface area (Å²) in [6.07, 6.45) is 4.09. The third kappa shape index (κ3) is 4.95. The van der Waals surface area contributed by atoms with E-state index in [9.17, 15) is 4.79 Å². The van der Waals surface area contributed by atoms with Gasteiger partial charge < -0.3 is 9.64 Å². The van der Waals surface area contributed by atoms with Gasteiger partial charge in [-0.2, -0.15) is 0 Å². The van der Waals surface area contributed by atoms with Crippen molar-refractivity contribution in [2.45, 2.75) is 18.3 Å². The Hall–Kier alpha value is -1.60. The van der Waals surface area contributed by atoms with Crippen molar-refractivity contribution in [1.82, 2.24) is 14.9 Å². The summed E-state index contributed by atoms with van der Waals surface area (Å²) in [5, 5.41) is 0. The van der Waals surface area contributed by atoms with Crippen molar-refractivity contribution in [3.8, 4) is 6.01 Å². The molecule has 0 aliphatic carbocycles. The van der Waals surface area contributed by atoms with E-state index in [1.165, 1.54) is 5.56 Å². The number of rotatable bonds is 6. The van der Waals surface area contributed by atoms with Crippen LogP contribution < -0.4 is 4.74 Å². The summed E-state index contributed by atoms with van der Waals surface area (Å²) in [7, 11) is 0. The molecule has 5 nitrogen and oxygen atoms in total. The molecule has 1 aromatic carbocycles. The van der Waals surface area contributed by atoms with E-state index in [-0.39, 0.29) is 12.0 Å². The molecule has 3 rings (SSSR count).